The Kier molecular flexibility index (Phi) is 4.71. The number of carbonyl (C=O) groups excluding carboxylic acids is 1. The molecule has 0 saturated heterocycles. The summed E-state index contributed by atoms with van der Waals surface area (Å²) < 4.78 is 28.7. The third kappa shape index (κ3) is 3.29. The van der Waals surface area contributed by atoms with Crippen molar-refractivity contribution in [3.8, 4) is 0 Å². The van der Waals surface area contributed by atoms with Crippen molar-refractivity contribution < 1.29 is 13.6 Å². The van der Waals surface area contributed by atoms with Gasteiger partial charge in [-0.2, -0.15) is 5.10 Å². The Hall–Kier alpha value is -2.83. The lowest BCUT2D eigenvalue weighted by atomic mass is 10.0. The van der Waals surface area contributed by atoms with E-state index in [0.717, 1.165) is 17.8 Å². The van der Waals surface area contributed by atoms with Crippen molar-refractivity contribution in [3.05, 3.63) is 53.4 Å². The van der Waals surface area contributed by atoms with E-state index in [-0.39, 0.29) is 17.6 Å². The van der Waals surface area contributed by atoms with Crippen LogP contribution in [-0.2, 0) is 0 Å². The molecule has 1 N–H and O–H groups in total. The number of anilines is 1. The van der Waals surface area contributed by atoms with Crippen LogP contribution in [-0.4, -0.2) is 20.7 Å². The molecule has 2 aromatic heterocycles. The van der Waals surface area contributed by atoms with Crippen LogP contribution in [0.25, 0.3) is 11.0 Å². The molecule has 7 heteroatoms. The summed E-state index contributed by atoms with van der Waals surface area (Å²) in [6.45, 7) is 7.91. The average molecular weight is 358 g/mol. The highest BCUT2D eigenvalue weighted by Crippen LogP contribution is 2.25. The van der Waals surface area contributed by atoms with Gasteiger partial charge in [0.05, 0.1) is 22.8 Å². The first kappa shape index (κ1) is 18.0. The second-order valence-electron chi connectivity index (χ2n) is 6.75. The molecule has 0 radical (unpaired) electrons. The van der Waals surface area contributed by atoms with Crippen LogP contribution >= 0.6 is 0 Å². The van der Waals surface area contributed by atoms with E-state index >= 15 is 0 Å². The fourth-order valence-corrected chi connectivity index (χ4v) is 2.68. The second kappa shape index (κ2) is 6.82. The minimum atomic E-state index is -0.828. The number of halogens is 2. The van der Waals surface area contributed by atoms with Crippen LogP contribution in [0.1, 0.15) is 55.7 Å². The molecule has 136 valence electrons. The van der Waals surface area contributed by atoms with E-state index in [2.05, 4.69) is 15.4 Å². The van der Waals surface area contributed by atoms with Crippen molar-refractivity contribution >= 4 is 22.6 Å². The molecular formula is C19H20F2N4O. The largest absolute Gasteiger partial charge is 0.319 e. The van der Waals surface area contributed by atoms with Gasteiger partial charge in [0.1, 0.15) is 11.6 Å². The Morgan fingerprint density at radius 3 is 2.50 bits per heavy atom. The summed E-state index contributed by atoms with van der Waals surface area (Å²) in [7, 11) is 0. The molecule has 5 nitrogen and oxygen atoms in total. The Morgan fingerprint density at radius 1 is 1.15 bits per heavy atom. The zero-order chi connectivity index (χ0) is 19.0. The molecule has 3 aromatic rings. The molecule has 1 amide bonds. The Balaban J connectivity index is 2.09. The number of hydrogen-bond acceptors (Lipinski definition) is 3. The highest BCUT2D eigenvalue weighted by molar-refractivity contribution is 6.12. The van der Waals surface area contributed by atoms with E-state index in [1.165, 1.54) is 6.07 Å². The molecule has 2 heterocycles. The molecule has 0 spiro atoms. The first-order valence-electron chi connectivity index (χ1n) is 8.42. The predicted octanol–water partition coefficient (Wildman–Crippen LogP) is 4.67. The number of hydrogen-bond donors (Lipinski definition) is 1. The zero-order valence-corrected chi connectivity index (χ0v) is 15.0. The lowest BCUT2D eigenvalue weighted by molar-refractivity contribution is 0.102. The fourth-order valence-electron chi connectivity index (χ4n) is 2.68. The lowest BCUT2D eigenvalue weighted by Gasteiger charge is -2.12. The topological polar surface area (TPSA) is 59.8 Å². The maximum Gasteiger partial charge on any atom is 0.256 e. The molecule has 0 unspecified atom stereocenters. The van der Waals surface area contributed by atoms with Crippen molar-refractivity contribution in [2.75, 3.05) is 5.32 Å². The van der Waals surface area contributed by atoms with E-state index < -0.39 is 17.5 Å². The van der Waals surface area contributed by atoms with Crippen LogP contribution in [0, 0.1) is 11.6 Å². The maximum atomic E-state index is 13.9. The number of fused-ring (bicyclic) bond motifs is 1. The van der Waals surface area contributed by atoms with Gasteiger partial charge in [-0.15, -0.1) is 0 Å². The number of pyridine rings is 1. The number of rotatable bonds is 4. The molecule has 0 aliphatic carbocycles. The molecule has 0 bridgehead atoms. The zero-order valence-electron chi connectivity index (χ0n) is 15.0. The molecule has 0 aliphatic rings. The normalized spacial score (nSPS) is 11.5. The SMILES string of the molecule is CC(C)c1cc(C(=O)Nc2ccc(F)cc2F)c2cnn(C(C)C)c2n1. The summed E-state index contributed by atoms with van der Waals surface area (Å²) in [6, 6.07) is 4.79. The van der Waals surface area contributed by atoms with Crippen molar-refractivity contribution in [3.63, 3.8) is 0 Å². The van der Waals surface area contributed by atoms with Gasteiger partial charge < -0.3 is 5.32 Å². The van der Waals surface area contributed by atoms with Crippen molar-refractivity contribution in [1.29, 1.82) is 0 Å². The number of amides is 1. The maximum absolute atomic E-state index is 13.9. The van der Waals surface area contributed by atoms with E-state index in [9.17, 15) is 13.6 Å². The minimum absolute atomic E-state index is 0.0767. The van der Waals surface area contributed by atoms with Crippen LogP contribution in [0.5, 0.6) is 0 Å². The van der Waals surface area contributed by atoms with Gasteiger partial charge in [0.2, 0.25) is 0 Å². The first-order valence-corrected chi connectivity index (χ1v) is 8.42. The fraction of sp³-hybridized carbons (Fsp3) is 0.316. The number of aromatic nitrogens is 3. The summed E-state index contributed by atoms with van der Waals surface area (Å²) in [5, 5.41) is 7.42. The predicted molar refractivity (Wildman–Crippen MR) is 96.3 cm³/mol. The van der Waals surface area contributed by atoms with E-state index in [4.69, 9.17) is 0 Å². The summed E-state index contributed by atoms with van der Waals surface area (Å²) >= 11 is 0. The summed E-state index contributed by atoms with van der Waals surface area (Å²) in [5.41, 5.74) is 1.62. The summed E-state index contributed by atoms with van der Waals surface area (Å²) in [4.78, 5) is 17.4. The van der Waals surface area contributed by atoms with Crippen LogP contribution in [0.3, 0.4) is 0 Å². The van der Waals surface area contributed by atoms with Crippen LogP contribution in [0.4, 0.5) is 14.5 Å². The number of nitrogens with one attached hydrogen (secondary N) is 1. The third-order valence-electron chi connectivity index (χ3n) is 4.09. The van der Waals surface area contributed by atoms with Crippen LogP contribution in [0.15, 0.2) is 30.5 Å². The van der Waals surface area contributed by atoms with Gasteiger partial charge in [-0.1, -0.05) is 13.8 Å². The summed E-state index contributed by atoms with van der Waals surface area (Å²) in [6.07, 6.45) is 1.59. The third-order valence-corrected chi connectivity index (χ3v) is 4.09. The number of nitrogens with zero attached hydrogens (tertiary/aromatic N) is 3. The molecule has 1 aromatic carbocycles. The standard InChI is InChI=1S/C19H20F2N4O/c1-10(2)17-8-13(14-9-22-25(11(3)4)18(14)23-17)19(26)24-16-6-5-12(20)7-15(16)21/h5-11H,1-4H3,(H,24,26). The molecule has 0 atom stereocenters. The van der Waals surface area contributed by atoms with Gasteiger partial charge in [0.25, 0.3) is 5.91 Å². The smallest absolute Gasteiger partial charge is 0.256 e. The van der Waals surface area contributed by atoms with Gasteiger partial charge in [0.15, 0.2) is 5.65 Å². The number of carbonyl (C=O) groups is 1. The van der Waals surface area contributed by atoms with Gasteiger partial charge in [-0.25, -0.2) is 18.4 Å². The van der Waals surface area contributed by atoms with Gasteiger partial charge in [-0.3, -0.25) is 4.79 Å². The monoisotopic (exact) mass is 358 g/mol. The van der Waals surface area contributed by atoms with E-state index in [1.807, 2.05) is 27.7 Å². The van der Waals surface area contributed by atoms with Crippen molar-refractivity contribution in [2.45, 2.75) is 39.7 Å². The number of benzene rings is 1. The lowest BCUT2D eigenvalue weighted by Crippen LogP contribution is -2.15. The molecule has 26 heavy (non-hydrogen) atoms. The Morgan fingerprint density at radius 2 is 1.88 bits per heavy atom. The second-order valence-corrected chi connectivity index (χ2v) is 6.75. The quantitative estimate of drug-likeness (QED) is 0.737. The van der Waals surface area contributed by atoms with E-state index in [1.54, 1.807) is 16.9 Å². The highest BCUT2D eigenvalue weighted by atomic mass is 19.1. The average Bonchev–Trinajstić information content (AvgIpc) is 3.00. The van der Waals surface area contributed by atoms with Crippen LogP contribution in [0.2, 0.25) is 0 Å². The van der Waals surface area contributed by atoms with Crippen molar-refractivity contribution in [1.82, 2.24) is 14.8 Å². The molecule has 0 saturated carbocycles. The first-order chi connectivity index (χ1) is 12.3. The summed E-state index contributed by atoms with van der Waals surface area (Å²) in [5.74, 6) is -1.92. The Bertz CT molecular complexity index is 979. The molecular weight excluding hydrogens is 338 g/mol. The molecule has 0 aliphatic heterocycles. The molecule has 0 fully saturated rings. The van der Waals surface area contributed by atoms with Gasteiger partial charge in [-0.05, 0) is 38.0 Å². The van der Waals surface area contributed by atoms with Gasteiger partial charge in [0, 0.05) is 17.8 Å². The Labute approximate surface area is 150 Å². The van der Waals surface area contributed by atoms with E-state index in [0.29, 0.717) is 16.6 Å². The van der Waals surface area contributed by atoms with Crippen molar-refractivity contribution in [2.24, 2.45) is 0 Å². The minimum Gasteiger partial charge on any atom is -0.319 e. The van der Waals surface area contributed by atoms with Gasteiger partial charge >= 0.3 is 0 Å². The highest BCUT2D eigenvalue weighted by Gasteiger charge is 2.20. The van der Waals surface area contributed by atoms with Crippen LogP contribution < -0.4 is 5.32 Å². The molecule has 3 rings (SSSR count).